The van der Waals surface area contributed by atoms with Crippen LogP contribution in [-0.4, -0.2) is 75.2 Å². The van der Waals surface area contributed by atoms with E-state index < -0.39 is 16.1 Å². The van der Waals surface area contributed by atoms with Crippen LogP contribution in [0.25, 0.3) is 0 Å². The van der Waals surface area contributed by atoms with Crippen LogP contribution in [0.15, 0.2) is 53.4 Å². The number of amides is 1. The molecule has 0 aromatic heterocycles. The average molecular weight is 474 g/mol. The van der Waals surface area contributed by atoms with E-state index in [9.17, 15) is 18.3 Å². The number of aliphatic hydroxyl groups is 1. The van der Waals surface area contributed by atoms with Gasteiger partial charge in [0.15, 0.2) is 6.10 Å². The molecule has 9 heteroatoms. The number of rotatable bonds is 7. The van der Waals surface area contributed by atoms with Crippen LogP contribution in [0, 0.1) is 0 Å². The number of aliphatic hydroxyl groups excluding tert-OH is 1. The lowest BCUT2D eigenvalue weighted by atomic mass is 10.00. The predicted octanol–water partition coefficient (Wildman–Crippen LogP) is 1.55. The van der Waals surface area contributed by atoms with E-state index in [2.05, 4.69) is 9.62 Å². The normalized spacial score (nSPS) is 21.8. The lowest BCUT2D eigenvalue weighted by Crippen LogP contribution is -2.46. The molecule has 3 unspecified atom stereocenters. The minimum absolute atomic E-state index is 0.110. The maximum atomic E-state index is 13.5. The number of nitrogens with zero attached hydrogens (tertiary/aromatic N) is 2. The highest BCUT2D eigenvalue weighted by molar-refractivity contribution is 7.89. The zero-order valence-corrected chi connectivity index (χ0v) is 19.8. The SMILES string of the molecule is CNS(=O)(=O)c1ccc2c(c1)CCC(C(=O)N(C)C(CN1CCC(O)C1)c1ccccc1)O2. The fourth-order valence-electron chi connectivity index (χ4n) is 4.55. The van der Waals surface area contributed by atoms with Gasteiger partial charge in [-0.15, -0.1) is 0 Å². The second kappa shape index (κ2) is 9.80. The molecular formula is C24H31N3O5S. The summed E-state index contributed by atoms with van der Waals surface area (Å²) in [4.78, 5) is 17.6. The Labute approximate surface area is 195 Å². The van der Waals surface area contributed by atoms with Crippen molar-refractivity contribution in [3.63, 3.8) is 0 Å². The molecule has 4 rings (SSSR count). The van der Waals surface area contributed by atoms with Crippen LogP contribution in [0.5, 0.6) is 5.75 Å². The molecule has 0 radical (unpaired) electrons. The second-order valence-corrected chi connectivity index (χ2v) is 10.6. The molecule has 3 atom stereocenters. The number of β-amino-alcohol motifs (C(OH)–C–C–N with tert-alkyl or cyclic N) is 1. The molecule has 8 nitrogen and oxygen atoms in total. The average Bonchev–Trinajstić information content (AvgIpc) is 3.26. The Morgan fingerprint density at radius 2 is 2.00 bits per heavy atom. The fourth-order valence-corrected chi connectivity index (χ4v) is 5.33. The number of benzene rings is 2. The summed E-state index contributed by atoms with van der Waals surface area (Å²) < 4.78 is 32.5. The van der Waals surface area contributed by atoms with Gasteiger partial charge in [0.05, 0.1) is 17.0 Å². The van der Waals surface area contributed by atoms with E-state index >= 15 is 0 Å². The summed E-state index contributed by atoms with van der Waals surface area (Å²) in [6, 6.07) is 14.5. The van der Waals surface area contributed by atoms with Gasteiger partial charge in [-0.3, -0.25) is 9.69 Å². The molecule has 0 bridgehead atoms. The predicted molar refractivity (Wildman–Crippen MR) is 124 cm³/mol. The van der Waals surface area contributed by atoms with Crippen molar-refractivity contribution in [3.8, 4) is 5.75 Å². The number of carbonyl (C=O) groups is 1. The van der Waals surface area contributed by atoms with Gasteiger partial charge in [-0.1, -0.05) is 30.3 Å². The van der Waals surface area contributed by atoms with Crippen LogP contribution in [0.1, 0.15) is 30.0 Å². The number of hydrogen-bond acceptors (Lipinski definition) is 6. The highest BCUT2D eigenvalue weighted by Gasteiger charge is 2.34. The molecule has 1 amide bonds. The Morgan fingerprint density at radius 3 is 2.67 bits per heavy atom. The molecule has 0 aliphatic carbocycles. The summed E-state index contributed by atoms with van der Waals surface area (Å²) in [7, 11) is -0.359. The molecule has 1 saturated heterocycles. The van der Waals surface area contributed by atoms with Gasteiger partial charge in [-0.2, -0.15) is 0 Å². The number of nitrogens with one attached hydrogen (secondary N) is 1. The number of ether oxygens (including phenoxy) is 1. The standard InChI is InChI=1S/C24H31N3O5S/c1-25-33(30,31)20-9-11-22-18(14-20)8-10-23(32-22)24(29)26(2)21(17-6-4-3-5-7-17)16-27-13-12-19(28)15-27/h3-7,9,11,14,19,21,23,25,28H,8,10,12-13,15-16H2,1-2H3. The Kier molecular flexibility index (Phi) is 7.04. The number of likely N-dealkylation sites (tertiary alicyclic amines) is 1. The first-order valence-electron chi connectivity index (χ1n) is 11.2. The summed E-state index contributed by atoms with van der Waals surface area (Å²) >= 11 is 0. The lowest BCUT2D eigenvalue weighted by Gasteiger charge is -2.35. The van der Waals surface area contributed by atoms with Gasteiger partial charge in [0.1, 0.15) is 5.75 Å². The van der Waals surface area contributed by atoms with Crippen LogP contribution >= 0.6 is 0 Å². The van der Waals surface area contributed by atoms with Gasteiger partial charge in [0.25, 0.3) is 5.91 Å². The zero-order chi connectivity index (χ0) is 23.6. The van der Waals surface area contributed by atoms with Crippen molar-refractivity contribution in [2.75, 3.05) is 33.7 Å². The largest absolute Gasteiger partial charge is 0.480 e. The minimum atomic E-state index is -3.54. The molecule has 33 heavy (non-hydrogen) atoms. The van der Waals surface area contributed by atoms with Crippen LogP contribution in [0.4, 0.5) is 0 Å². The summed E-state index contributed by atoms with van der Waals surface area (Å²) in [5, 5.41) is 9.93. The van der Waals surface area contributed by atoms with Crippen molar-refractivity contribution >= 4 is 15.9 Å². The van der Waals surface area contributed by atoms with Crippen LogP contribution in [0.3, 0.4) is 0 Å². The number of hydrogen-bond donors (Lipinski definition) is 2. The number of likely N-dealkylation sites (N-methyl/N-ethyl adjacent to an activating group) is 1. The molecule has 2 aromatic rings. The van der Waals surface area contributed by atoms with E-state index in [1.807, 2.05) is 30.3 Å². The molecule has 178 valence electrons. The topological polar surface area (TPSA) is 99.2 Å². The number of aryl methyl sites for hydroxylation is 1. The molecular weight excluding hydrogens is 442 g/mol. The maximum Gasteiger partial charge on any atom is 0.263 e. The zero-order valence-electron chi connectivity index (χ0n) is 19.0. The Balaban J connectivity index is 1.51. The third-order valence-electron chi connectivity index (χ3n) is 6.51. The monoisotopic (exact) mass is 473 g/mol. The maximum absolute atomic E-state index is 13.5. The Morgan fingerprint density at radius 1 is 1.24 bits per heavy atom. The highest BCUT2D eigenvalue weighted by atomic mass is 32.2. The van der Waals surface area contributed by atoms with Gasteiger partial charge >= 0.3 is 0 Å². The minimum Gasteiger partial charge on any atom is -0.480 e. The van der Waals surface area contributed by atoms with E-state index in [1.54, 1.807) is 24.1 Å². The van der Waals surface area contributed by atoms with E-state index in [-0.39, 0.29) is 22.9 Å². The first-order chi connectivity index (χ1) is 15.8. The number of fused-ring (bicyclic) bond motifs is 1. The summed E-state index contributed by atoms with van der Waals surface area (Å²) in [5.74, 6) is 0.433. The molecule has 2 aliphatic rings. The van der Waals surface area contributed by atoms with Crippen molar-refractivity contribution in [1.29, 1.82) is 0 Å². The summed E-state index contributed by atoms with van der Waals surface area (Å²) in [6.45, 7) is 2.05. The molecule has 2 aliphatic heterocycles. The first kappa shape index (κ1) is 23.7. The Bertz CT molecular complexity index is 1090. The number of sulfonamides is 1. The third kappa shape index (κ3) is 5.22. The van der Waals surface area contributed by atoms with Crippen molar-refractivity contribution < 1.29 is 23.1 Å². The van der Waals surface area contributed by atoms with Crippen molar-refractivity contribution in [2.24, 2.45) is 0 Å². The first-order valence-corrected chi connectivity index (χ1v) is 12.7. The molecule has 2 aromatic carbocycles. The van der Waals surface area contributed by atoms with Crippen LogP contribution < -0.4 is 9.46 Å². The van der Waals surface area contributed by atoms with Gasteiger partial charge < -0.3 is 14.7 Å². The van der Waals surface area contributed by atoms with E-state index in [0.717, 1.165) is 24.1 Å². The highest BCUT2D eigenvalue weighted by Crippen LogP contribution is 2.32. The third-order valence-corrected chi connectivity index (χ3v) is 7.92. The molecule has 2 heterocycles. The smallest absolute Gasteiger partial charge is 0.263 e. The van der Waals surface area contributed by atoms with E-state index in [0.29, 0.717) is 31.7 Å². The fraction of sp³-hybridized carbons (Fsp3) is 0.458. The Hall–Kier alpha value is -2.46. The quantitative estimate of drug-likeness (QED) is 0.633. The number of carbonyl (C=O) groups excluding carboxylic acids is 1. The van der Waals surface area contributed by atoms with Crippen molar-refractivity contribution in [2.45, 2.75) is 42.4 Å². The molecule has 0 spiro atoms. The summed E-state index contributed by atoms with van der Waals surface area (Å²) in [6.07, 6.45) is 0.818. The van der Waals surface area contributed by atoms with Gasteiger partial charge in [-0.25, -0.2) is 13.1 Å². The van der Waals surface area contributed by atoms with E-state index in [1.165, 1.54) is 13.1 Å². The molecule has 2 N–H and O–H groups in total. The van der Waals surface area contributed by atoms with Crippen LogP contribution in [-0.2, 0) is 21.2 Å². The second-order valence-electron chi connectivity index (χ2n) is 8.70. The van der Waals surface area contributed by atoms with Gasteiger partial charge in [0.2, 0.25) is 10.0 Å². The van der Waals surface area contributed by atoms with Crippen LogP contribution in [0.2, 0.25) is 0 Å². The molecule has 0 saturated carbocycles. The van der Waals surface area contributed by atoms with Crippen molar-refractivity contribution in [1.82, 2.24) is 14.5 Å². The van der Waals surface area contributed by atoms with Gasteiger partial charge in [-0.05, 0) is 55.6 Å². The van der Waals surface area contributed by atoms with Gasteiger partial charge in [0, 0.05) is 26.7 Å². The summed E-state index contributed by atoms with van der Waals surface area (Å²) in [5.41, 5.74) is 1.82. The van der Waals surface area contributed by atoms with Crippen molar-refractivity contribution in [3.05, 3.63) is 59.7 Å². The lowest BCUT2D eigenvalue weighted by molar-refractivity contribution is -0.140. The van der Waals surface area contributed by atoms with E-state index in [4.69, 9.17) is 4.74 Å². The molecule has 1 fully saturated rings.